The van der Waals surface area contributed by atoms with Gasteiger partial charge in [0, 0.05) is 18.0 Å². The van der Waals surface area contributed by atoms with Gasteiger partial charge >= 0.3 is 0 Å². The molecule has 2 heterocycles. The maximum absolute atomic E-state index is 11.9. The van der Waals surface area contributed by atoms with Crippen molar-refractivity contribution in [2.45, 2.75) is 26.8 Å². The van der Waals surface area contributed by atoms with Gasteiger partial charge < -0.3 is 5.32 Å². The molecule has 0 amide bonds. The van der Waals surface area contributed by atoms with Crippen molar-refractivity contribution in [2.24, 2.45) is 0 Å². The van der Waals surface area contributed by atoms with E-state index in [1.54, 1.807) is 23.6 Å². The van der Waals surface area contributed by atoms with Crippen LogP contribution >= 0.6 is 11.3 Å². The number of nitrogens with zero attached hydrogens (tertiary/aromatic N) is 3. The van der Waals surface area contributed by atoms with Crippen molar-refractivity contribution in [3.05, 3.63) is 38.7 Å². The first-order valence-electron chi connectivity index (χ1n) is 5.91. The maximum Gasteiger partial charge on any atom is 0.269 e. The third-order valence-corrected chi connectivity index (χ3v) is 3.25. The van der Waals surface area contributed by atoms with Gasteiger partial charge in [-0.15, -0.1) is 11.3 Å². The van der Waals surface area contributed by atoms with Gasteiger partial charge in [0.25, 0.3) is 5.56 Å². The Balaban J connectivity index is 2.12. The molecule has 96 valence electrons. The highest BCUT2D eigenvalue weighted by Crippen LogP contribution is 2.08. The molecule has 2 aromatic heterocycles. The first-order chi connectivity index (χ1) is 8.69. The van der Waals surface area contributed by atoms with E-state index in [1.807, 2.05) is 12.3 Å². The molecule has 1 N–H and O–H groups in total. The Morgan fingerprint density at radius 3 is 2.94 bits per heavy atom. The molecule has 0 bridgehead atoms. The lowest BCUT2D eigenvalue weighted by Gasteiger charge is -2.06. The quantitative estimate of drug-likeness (QED) is 0.895. The third-order valence-electron chi connectivity index (χ3n) is 2.43. The fourth-order valence-corrected chi connectivity index (χ4v) is 2.16. The summed E-state index contributed by atoms with van der Waals surface area (Å²) in [4.78, 5) is 16.2. The summed E-state index contributed by atoms with van der Waals surface area (Å²) in [5.41, 5.74) is 1.54. The molecule has 0 unspecified atom stereocenters. The fraction of sp³-hybridized carbons (Fsp3) is 0.417. The minimum atomic E-state index is -0.109. The molecule has 0 aliphatic carbocycles. The Morgan fingerprint density at radius 1 is 1.50 bits per heavy atom. The molecular weight excluding hydrogens is 248 g/mol. The monoisotopic (exact) mass is 264 g/mol. The molecule has 0 aliphatic rings. The van der Waals surface area contributed by atoms with Crippen LogP contribution < -0.4 is 10.9 Å². The van der Waals surface area contributed by atoms with Gasteiger partial charge in [-0.2, -0.15) is 5.10 Å². The van der Waals surface area contributed by atoms with Gasteiger partial charge in [-0.1, -0.05) is 6.92 Å². The standard InChI is InChI=1S/C12H16N4OS/c1-3-4-13-10-5-12(17)16(14-6-10)7-11-8-18-9(2)15-11/h5-6,8,13H,3-4,7H2,1-2H3. The SMILES string of the molecule is CCCNc1cnn(Cc2csc(C)n2)c(=O)c1. The minimum Gasteiger partial charge on any atom is -0.384 e. The molecule has 2 rings (SSSR count). The number of aryl methyl sites for hydroxylation is 1. The predicted molar refractivity (Wildman–Crippen MR) is 73.2 cm³/mol. The van der Waals surface area contributed by atoms with Crippen molar-refractivity contribution < 1.29 is 0 Å². The highest BCUT2D eigenvalue weighted by atomic mass is 32.1. The van der Waals surface area contributed by atoms with Crippen molar-refractivity contribution in [1.29, 1.82) is 0 Å². The highest BCUT2D eigenvalue weighted by molar-refractivity contribution is 7.09. The summed E-state index contributed by atoms with van der Waals surface area (Å²) in [5, 5.41) is 10.2. The van der Waals surface area contributed by atoms with Crippen LogP contribution in [0.4, 0.5) is 5.69 Å². The second-order valence-electron chi connectivity index (χ2n) is 4.02. The third kappa shape index (κ3) is 3.16. The molecule has 0 radical (unpaired) electrons. The maximum atomic E-state index is 11.9. The number of thiazole rings is 1. The van der Waals surface area contributed by atoms with Gasteiger partial charge in [0.1, 0.15) is 0 Å². The normalized spacial score (nSPS) is 10.6. The first kappa shape index (κ1) is 12.8. The molecule has 5 nitrogen and oxygen atoms in total. The summed E-state index contributed by atoms with van der Waals surface area (Å²) in [6.07, 6.45) is 2.69. The molecule has 0 atom stereocenters. The average molecular weight is 264 g/mol. The molecule has 6 heteroatoms. The second-order valence-corrected chi connectivity index (χ2v) is 5.09. The lowest BCUT2D eigenvalue weighted by atomic mass is 10.4. The van der Waals surface area contributed by atoms with E-state index in [4.69, 9.17) is 0 Å². The number of anilines is 1. The minimum absolute atomic E-state index is 0.109. The summed E-state index contributed by atoms with van der Waals surface area (Å²) in [6.45, 7) is 5.29. The van der Waals surface area contributed by atoms with Crippen LogP contribution in [0.1, 0.15) is 24.0 Å². The van der Waals surface area contributed by atoms with Crippen LogP contribution in [-0.4, -0.2) is 21.3 Å². The van der Waals surface area contributed by atoms with Crippen LogP contribution in [0, 0.1) is 6.92 Å². The van der Waals surface area contributed by atoms with Gasteiger partial charge in [0.15, 0.2) is 0 Å². The van der Waals surface area contributed by atoms with Gasteiger partial charge in [0.05, 0.1) is 29.1 Å². The predicted octanol–water partition coefficient (Wildman–Crippen LogP) is 1.88. The second kappa shape index (κ2) is 5.77. The summed E-state index contributed by atoms with van der Waals surface area (Å²) < 4.78 is 1.42. The van der Waals surface area contributed by atoms with Crippen LogP contribution in [0.15, 0.2) is 22.4 Å². The lowest BCUT2D eigenvalue weighted by Crippen LogP contribution is -2.23. The number of aromatic nitrogens is 3. The zero-order chi connectivity index (χ0) is 13.0. The van der Waals surface area contributed by atoms with Crippen LogP contribution in [-0.2, 0) is 6.54 Å². The van der Waals surface area contributed by atoms with E-state index in [0.29, 0.717) is 6.54 Å². The van der Waals surface area contributed by atoms with E-state index in [-0.39, 0.29) is 5.56 Å². The Kier molecular flexibility index (Phi) is 4.09. The number of nitrogens with one attached hydrogen (secondary N) is 1. The molecule has 0 saturated heterocycles. The number of hydrogen-bond donors (Lipinski definition) is 1. The zero-order valence-electron chi connectivity index (χ0n) is 10.5. The largest absolute Gasteiger partial charge is 0.384 e. The van der Waals surface area contributed by atoms with Gasteiger partial charge in [0.2, 0.25) is 0 Å². The van der Waals surface area contributed by atoms with E-state index in [2.05, 4.69) is 22.3 Å². The van der Waals surface area contributed by atoms with Crippen molar-refractivity contribution in [3.63, 3.8) is 0 Å². The first-order valence-corrected chi connectivity index (χ1v) is 6.79. The van der Waals surface area contributed by atoms with Crippen molar-refractivity contribution in [1.82, 2.24) is 14.8 Å². The van der Waals surface area contributed by atoms with Gasteiger partial charge in [-0.05, 0) is 13.3 Å². The van der Waals surface area contributed by atoms with Gasteiger partial charge in [-0.3, -0.25) is 4.79 Å². The smallest absolute Gasteiger partial charge is 0.269 e. The molecular formula is C12H16N4OS. The Hall–Kier alpha value is -1.69. The summed E-state index contributed by atoms with van der Waals surface area (Å²) >= 11 is 1.58. The van der Waals surface area contributed by atoms with E-state index in [0.717, 1.165) is 29.4 Å². The topological polar surface area (TPSA) is 59.8 Å². The molecule has 2 aromatic rings. The van der Waals surface area contributed by atoms with Crippen LogP contribution in [0.2, 0.25) is 0 Å². The van der Waals surface area contributed by atoms with Gasteiger partial charge in [-0.25, -0.2) is 9.67 Å². The van der Waals surface area contributed by atoms with Crippen molar-refractivity contribution >= 4 is 17.0 Å². The van der Waals surface area contributed by atoms with Crippen molar-refractivity contribution in [3.8, 4) is 0 Å². The molecule has 0 spiro atoms. The van der Waals surface area contributed by atoms with E-state index >= 15 is 0 Å². The lowest BCUT2D eigenvalue weighted by molar-refractivity contribution is 0.630. The van der Waals surface area contributed by atoms with Crippen LogP contribution in [0.5, 0.6) is 0 Å². The number of hydrogen-bond acceptors (Lipinski definition) is 5. The average Bonchev–Trinajstić information content (AvgIpc) is 2.75. The van der Waals surface area contributed by atoms with E-state index in [9.17, 15) is 4.79 Å². The number of rotatable bonds is 5. The summed E-state index contributed by atoms with van der Waals surface area (Å²) in [7, 11) is 0. The Morgan fingerprint density at radius 2 is 2.33 bits per heavy atom. The molecule has 0 aliphatic heterocycles. The summed E-state index contributed by atoms with van der Waals surface area (Å²) in [5.74, 6) is 0. The molecule has 18 heavy (non-hydrogen) atoms. The fourth-order valence-electron chi connectivity index (χ4n) is 1.55. The van der Waals surface area contributed by atoms with Crippen molar-refractivity contribution in [2.75, 3.05) is 11.9 Å². The Bertz CT molecular complexity index is 575. The zero-order valence-corrected chi connectivity index (χ0v) is 11.3. The van der Waals surface area contributed by atoms with E-state index in [1.165, 1.54) is 4.68 Å². The summed E-state index contributed by atoms with van der Waals surface area (Å²) in [6, 6.07) is 1.57. The molecule has 0 saturated carbocycles. The molecule has 0 fully saturated rings. The molecule has 0 aromatic carbocycles. The van der Waals surface area contributed by atoms with E-state index < -0.39 is 0 Å². The Labute approximate surface area is 110 Å². The van der Waals surface area contributed by atoms with Crippen LogP contribution in [0.3, 0.4) is 0 Å². The van der Waals surface area contributed by atoms with Crippen LogP contribution in [0.25, 0.3) is 0 Å². The highest BCUT2D eigenvalue weighted by Gasteiger charge is 2.03.